The van der Waals surface area contributed by atoms with E-state index >= 15 is 0 Å². The molecule has 0 radical (unpaired) electrons. The maximum absolute atomic E-state index is 11.7. The third kappa shape index (κ3) is 4.50. The normalized spacial score (nSPS) is 15.1. The average molecular weight is 341 g/mol. The van der Waals surface area contributed by atoms with Crippen LogP contribution in [-0.4, -0.2) is 40.1 Å². The van der Waals surface area contributed by atoms with Crippen LogP contribution in [0.1, 0.15) is 12.8 Å². The van der Waals surface area contributed by atoms with Crippen molar-refractivity contribution >= 4 is 21.4 Å². The van der Waals surface area contributed by atoms with Crippen molar-refractivity contribution in [3.63, 3.8) is 0 Å². The third-order valence-corrected chi connectivity index (χ3v) is 4.98. The fourth-order valence-electron chi connectivity index (χ4n) is 2.25. The highest BCUT2D eigenvalue weighted by molar-refractivity contribution is 7.89. The van der Waals surface area contributed by atoms with Gasteiger partial charge in [-0.25, -0.2) is 13.1 Å². The van der Waals surface area contributed by atoms with Gasteiger partial charge in [-0.15, -0.1) is 0 Å². The van der Waals surface area contributed by atoms with E-state index in [0.717, 1.165) is 18.9 Å². The van der Waals surface area contributed by atoms with Gasteiger partial charge in [0.05, 0.1) is 23.0 Å². The molecular weight excluding hydrogens is 322 g/mol. The van der Waals surface area contributed by atoms with Gasteiger partial charge in [-0.1, -0.05) is 11.6 Å². The first kappa shape index (κ1) is 17.4. The Hall–Kier alpha value is -1.97. The number of nitro groups is 1. The lowest BCUT2D eigenvalue weighted by molar-refractivity contribution is -0.384. The predicted molar refractivity (Wildman–Crippen MR) is 86.0 cm³/mol. The van der Waals surface area contributed by atoms with Crippen LogP contribution in [0, 0.1) is 10.1 Å². The summed E-state index contributed by atoms with van der Waals surface area (Å²) >= 11 is 0. The van der Waals surface area contributed by atoms with Crippen molar-refractivity contribution in [1.82, 2.24) is 4.72 Å². The predicted octanol–water partition coefficient (Wildman–Crippen LogP) is 1.65. The van der Waals surface area contributed by atoms with E-state index in [1.54, 1.807) is 0 Å². The van der Waals surface area contributed by atoms with Crippen LogP contribution >= 0.6 is 0 Å². The molecule has 0 saturated heterocycles. The number of sulfonamides is 1. The fourth-order valence-corrected chi connectivity index (χ4v) is 3.00. The number of nitro benzene ring substituents is 1. The summed E-state index contributed by atoms with van der Waals surface area (Å²) in [7, 11) is -2.45. The minimum Gasteiger partial charge on any atom is -0.379 e. The number of rotatable bonds is 7. The quantitative estimate of drug-likeness (QED) is 0.443. The molecule has 0 saturated carbocycles. The molecule has 1 aliphatic heterocycles. The maximum atomic E-state index is 11.7. The van der Waals surface area contributed by atoms with E-state index in [0.29, 0.717) is 25.4 Å². The van der Waals surface area contributed by atoms with E-state index in [1.807, 2.05) is 6.08 Å². The van der Waals surface area contributed by atoms with Crippen molar-refractivity contribution < 1.29 is 18.1 Å². The summed E-state index contributed by atoms with van der Waals surface area (Å²) < 4.78 is 30.8. The molecule has 0 atom stereocenters. The van der Waals surface area contributed by atoms with E-state index in [2.05, 4.69) is 10.0 Å². The molecule has 1 aromatic carbocycles. The zero-order valence-electron chi connectivity index (χ0n) is 12.7. The Kier molecular flexibility index (Phi) is 5.69. The fraction of sp³-hybridized carbons (Fsp3) is 0.429. The highest BCUT2D eigenvalue weighted by Crippen LogP contribution is 2.27. The highest BCUT2D eigenvalue weighted by atomic mass is 32.2. The molecule has 0 unspecified atom stereocenters. The summed E-state index contributed by atoms with van der Waals surface area (Å²) in [6.07, 6.45) is 3.64. The SMILES string of the molecule is CNS(=O)(=O)c1ccc(NCCC2=CCOCC2)c([N+](=O)[O-])c1. The lowest BCUT2D eigenvalue weighted by Crippen LogP contribution is -2.19. The zero-order valence-corrected chi connectivity index (χ0v) is 13.6. The molecule has 126 valence electrons. The summed E-state index contributed by atoms with van der Waals surface area (Å²) in [6, 6.07) is 3.82. The van der Waals surface area contributed by atoms with Crippen LogP contribution in [-0.2, 0) is 14.8 Å². The Morgan fingerprint density at radius 2 is 2.17 bits per heavy atom. The Labute approximate surface area is 134 Å². The molecule has 0 fully saturated rings. The van der Waals surface area contributed by atoms with E-state index in [1.165, 1.54) is 24.8 Å². The molecular formula is C14H19N3O5S. The Morgan fingerprint density at radius 3 is 2.78 bits per heavy atom. The van der Waals surface area contributed by atoms with Crippen molar-refractivity contribution in [3.8, 4) is 0 Å². The van der Waals surface area contributed by atoms with Gasteiger partial charge in [-0.05, 0) is 32.0 Å². The van der Waals surface area contributed by atoms with Crippen molar-refractivity contribution in [1.29, 1.82) is 0 Å². The summed E-state index contributed by atoms with van der Waals surface area (Å²) in [5.74, 6) is 0. The summed E-state index contributed by atoms with van der Waals surface area (Å²) in [5, 5.41) is 14.2. The van der Waals surface area contributed by atoms with Crippen LogP contribution in [0.5, 0.6) is 0 Å². The molecule has 0 amide bonds. The number of hydrogen-bond acceptors (Lipinski definition) is 6. The first-order chi connectivity index (χ1) is 10.9. The molecule has 9 heteroatoms. The smallest absolute Gasteiger partial charge is 0.293 e. The second kappa shape index (κ2) is 7.53. The van der Waals surface area contributed by atoms with E-state index < -0.39 is 14.9 Å². The van der Waals surface area contributed by atoms with Crippen molar-refractivity contribution in [2.75, 3.05) is 32.1 Å². The number of hydrogen-bond donors (Lipinski definition) is 2. The van der Waals surface area contributed by atoms with Crippen LogP contribution < -0.4 is 10.0 Å². The van der Waals surface area contributed by atoms with Crippen LogP contribution in [0.25, 0.3) is 0 Å². The first-order valence-electron chi connectivity index (χ1n) is 7.15. The monoisotopic (exact) mass is 341 g/mol. The van der Waals surface area contributed by atoms with E-state index in [9.17, 15) is 18.5 Å². The van der Waals surface area contributed by atoms with Gasteiger partial charge in [0.2, 0.25) is 10.0 Å². The standard InChI is InChI=1S/C14H19N3O5S/c1-15-23(20,21)12-2-3-13(14(10-12)17(18)19)16-7-4-11-5-8-22-9-6-11/h2-3,5,10,15-16H,4,6-9H2,1H3. The van der Waals surface area contributed by atoms with Gasteiger partial charge in [0.25, 0.3) is 5.69 Å². The number of benzene rings is 1. The summed E-state index contributed by atoms with van der Waals surface area (Å²) in [4.78, 5) is 10.4. The maximum Gasteiger partial charge on any atom is 0.293 e. The largest absolute Gasteiger partial charge is 0.379 e. The minimum atomic E-state index is -3.71. The molecule has 2 N–H and O–H groups in total. The highest BCUT2D eigenvalue weighted by Gasteiger charge is 2.20. The van der Waals surface area contributed by atoms with Crippen LogP contribution in [0.3, 0.4) is 0 Å². The minimum absolute atomic E-state index is 0.135. The van der Waals surface area contributed by atoms with Crippen LogP contribution in [0.2, 0.25) is 0 Å². The van der Waals surface area contributed by atoms with Gasteiger partial charge >= 0.3 is 0 Å². The van der Waals surface area contributed by atoms with E-state index in [-0.39, 0.29) is 10.6 Å². The summed E-state index contributed by atoms with van der Waals surface area (Å²) in [6.45, 7) is 1.83. The Balaban J connectivity index is 2.12. The van der Waals surface area contributed by atoms with Crippen molar-refractivity contribution in [2.24, 2.45) is 0 Å². The van der Waals surface area contributed by atoms with E-state index in [4.69, 9.17) is 4.74 Å². The zero-order chi connectivity index (χ0) is 16.9. The molecule has 1 aromatic rings. The van der Waals surface area contributed by atoms with Gasteiger partial charge in [0, 0.05) is 12.6 Å². The van der Waals surface area contributed by atoms with Gasteiger partial charge in [0.1, 0.15) is 5.69 Å². The van der Waals surface area contributed by atoms with Crippen molar-refractivity contribution in [3.05, 3.63) is 40.0 Å². The molecule has 0 spiro atoms. The molecule has 1 aliphatic rings. The molecule has 8 nitrogen and oxygen atoms in total. The second-order valence-corrected chi connectivity index (χ2v) is 6.89. The van der Waals surface area contributed by atoms with Gasteiger partial charge in [-0.2, -0.15) is 0 Å². The molecule has 0 aliphatic carbocycles. The number of nitrogens with zero attached hydrogens (tertiary/aromatic N) is 1. The topological polar surface area (TPSA) is 111 Å². The first-order valence-corrected chi connectivity index (χ1v) is 8.64. The number of anilines is 1. The van der Waals surface area contributed by atoms with Gasteiger partial charge < -0.3 is 10.1 Å². The molecule has 23 heavy (non-hydrogen) atoms. The number of nitrogens with one attached hydrogen (secondary N) is 2. The average Bonchev–Trinajstić information content (AvgIpc) is 2.55. The van der Waals surface area contributed by atoms with Gasteiger partial charge in [-0.3, -0.25) is 10.1 Å². The third-order valence-electron chi connectivity index (χ3n) is 3.56. The molecule has 0 bridgehead atoms. The second-order valence-electron chi connectivity index (χ2n) is 5.01. The molecule has 1 heterocycles. The Morgan fingerprint density at radius 1 is 1.39 bits per heavy atom. The van der Waals surface area contributed by atoms with Crippen molar-refractivity contribution in [2.45, 2.75) is 17.7 Å². The lowest BCUT2D eigenvalue weighted by Gasteiger charge is -2.14. The summed E-state index contributed by atoms with van der Waals surface area (Å²) in [5.41, 5.74) is 1.29. The molecule has 0 aromatic heterocycles. The van der Waals surface area contributed by atoms with Crippen LogP contribution in [0.15, 0.2) is 34.7 Å². The van der Waals surface area contributed by atoms with Gasteiger partial charge in [0.15, 0.2) is 0 Å². The lowest BCUT2D eigenvalue weighted by atomic mass is 10.1. The number of ether oxygens (including phenoxy) is 1. The molecule has 2 rings (SSSR count). The Bertz CT molecular complexity index is 715. The van der Waals surface area contributed by atoms with Crippen LogP contribution in [0.4, 0.5) is 11.4 Å².